The maximum Gasteiger partial charge on any atom is 0.373 e. The number of furan rings is 1. The first-order valence-corrected chi connectivity index (χ1v) is 9.24. The summed E-state index contributed by atoms with van der Waals surface area (Å²) in [4.78, 5) is 26.4. The number of pyridine rings is 1. The second-order valence-electron chi connectivity index (χ2n) is 6.16. The van der Waals surface area contributed by atoms with E-state index >= 15 is 0 Å². The van der Waals surface area contributed by atoms with Crippen LogP contribution in [0.5, 0.6) is 5.75 Å². The standard InChI is InChI=1S/C20H16BrF2NO5/c1-10-14(8-13-5-6-16(29-13)20(26)27-2)18(17(21)19(25)24-10)28-9-11-3-4-12(22)7-15(11)23/h3-7H,8-9H2,1-2H3,(H,24,25). The molecular formula is C20H16BrF2NO5. The van der Waals surface area contributed by atoms with Gasteiger partial charge >= 0.3 is 5.97 Å². The Morgan fingerprint density at radius 3 is 2.69 bits per heavy atom. The monoisotopic (exact) mass is 467 g/mol. The van der Waals surface area contributed by atoms with Crippen molar-refractivity contribution in [3.8, 4) is 5.75 Å². The zero-order valence-electron chi connectivity index (χ0n) is 15.5. The summed E-state index contributed by atoms with van der Waals surface area (Å²) >= 11 is 3.19. The van der Waals surface area contributed by atoms with Gasteiger partial charge in [-0.1, -0.05) is 0 Å². The summed E-state index contributed by atoms with van der Waals surface area (Å²) in [7, 11) is 1.24. The maximum absolute atomic E-state index is 13.9. The molecule has 0 saturated heterocycles. The number of carbonyl (C=O) groups excluding carboxylic acids is 1. The van der Waals surface area contributed by atoms with Crippen LogP contribution in [0.25, 0.3) is 0 Å². The molecule has 9 heteroatoms. The Bertz CT molecular complexity index is 1120. The van der Waals surface area contributed by atoms with Crippen LogP contribution in [0.2, 0.25) is 0 Å². The number of hydrogen-bond donors (Lipinski definition) is 1. The van der Waals surface area contributed by atoms with Crippen molar-refractivity contribution in [3.05, 3.63) is 85.1 Å². The van der Waals surface area contributed by atoms with Gasteiger partial charge in [0.1, 0.15) is 34.2 Å². The molecule has 3 aromatic rings. The van der Waals surface area contributed by atoms with Crippen molar-refractivity contribution in [3.63, 3.8) is 0 Å². The number of nitrogens with one attached hydrogen (secondary N) is 1. The molecule has 1 aromatic carbocycles. The third-order valence-electron chi connectivity index (χ3n) is 4.21. The number of H-pyrrole nitrogens is 1. The third-order valence-corrected chi connectivity index (χ3v) is 4.93. The van der Waals surface area contributed by atoms with E-state index in [4.69, 9.17) is 9.15 Å². The smallest absolute Gasteiger partial charge is 0.373 e. The van der Waals surface area contributed by atoms with E-state index in [1.165, 1.54) is 19.2 Å². The molecule has 152 valence electrons. The topological polar surface area (TPSA) is 81.5 Å². The van der Waals surface area contributed by atoms with Crippen molar-refractivity contribution < 1.29 is 27.5 Å². The predicted molar refractivity (Wildman–Crippen MR) is 103 cm³/mol. The lowest BCUT2D eigenvalue weighted by Crippen LogP contribution is -2.14. The molecule has 0 saturated carbocycles. The van der Waals surface area contributed by atoms with Gasteiger partial charge in [-0.15, -0.1) is 0 Å². The fourth-order valence-corrected chi connectivity index (χ4v) is 3.17. The van der Waals surface area contributed by atoms with Crippen molar-refractivity contribution in [2.45, 2.75) is 20.0 Å². The predicted octanol–water partition coefficient (Wildman–Crippen LogP) is 4.27. The van der Waals surface area contributed by atoms with Crippen molar-refractivity contribution in [2.24, 2.45) is 0 Å². The minimum Gasteiger partial charge on any atom is -0.487 e. The molecule has 0 fully saturated rings. The van der Waals surface area contributed by atoms with Crippen LogP contribution in [0.1, 0.15) is 33.1 Å². The Morgan fingerprint density at radius 2 is 2.00 bits per heavy atom. The van der Waals surface area contributed by atoms with Crippen LogP contribution in [0.15, 0.2) is 44.0 Å². The summed E-state index contributed by atoms with van der Waals surface area (Å²) in [6, 6.07) is 6.24. The van der Waals surface area contributed by atoms with E-state index in [1.807, 2.05) is 0 Å². The average molecular weight is 468 g/mol. The molecule has 3 rings (SSSR count). The number of methoxy groups -OCH3 is 1. The lowest BCUT2D eigenvalue weighted by molar-refractivity contribution is 0.0563. The maximum atomic E-state index is 13.9. The molecule has 0 unspecified atom stereocenters. The van der Waals surface area contributed by atoms with Crippen LogP contribution >= 0.6 is 15.9 Å². The van der Waals surface area contributed by atoms with E-state index in [-0.39, 0.29) is 34.6 Å². The van der Waals surface area contributed by atoms with Crippen molar-refractivity contribution in [1.82, 2.24) is 4.98 Å². The minimum atomic E-state index is -0.752. The summed E-state index contributed by atoms with van der Waals surface area (Å²) in [6.45, 7) is 1.46. The molecule has 0 aliphatic heterocycles. The van der Waals surface area contributed by atoms with E-state index in [1.54, 1.807) is 13.0 Å². The normalized spacial score (nSPS) is 10.8. The van der Waals surface area contributed by atoms with Gasteiger partial charge < -0.3 is 18.9 Å². The molecule has 0 atom stereocenters. The molecule has 29 heavy (non-hydrogen) atoms. The summed E-state index contributed by atoms with van der Waals surface area (Å²) in [5, 5.41) is 0. The molecule has 2 heterocycles. The second-order valence-corrected chi connectivity index (χ2v) is 6.95. The van der Waals surface area contributed by atoms with Gasteiger partial charge in [0, 0.05) is 29.3 Å². The Balaban J connectivity index is 1.92. The summed E-state index contributed by atoms with van der Waals surface area (Å²) in [6.07, 6.45) is 0.194. The van der Waals surface area contributed by atoms with Gasteiger partial charge in [0.05, 0.1) is 7.11 Å². The van der Waals surface area contributed by atoms with E-state index in [9.17, 15) is 18.4 Å². The molecule has 0 aliphatic rings. The number of aromatic amines is 1. The van der Waals surface area contributed by atoms with Gasteiger partial charge in [0.25, 0.3) is 5.56 Å². The minimum absolute atomic E-state index is 0.0412. The Kier molecular flexibility index (Phi) is 6.17. The van der Waals surface area contributed by atoms with Crippen LogP contribution in [-0.4, -0.2) is 18.1 Å². The van der Waals surface area contributed by atoms with Crippen molar-refractivity contribution >= 4 is 21.9 Å². The number of rotatable bonds is 6. The van der Waals surface area contributed by atoms with Crippen LogP contribution in [0, 0.1) is 18.6 Å². The van der Waals surface area contributed by atoms with Gasteiger partial charge in [-0.05, 0) is 47.1 Å². The van der Waals surface area contributed by atoms with Crippen molar-refractivity contribution in [2.75, 3.05) is 7.11 Å². The fourth-order valence-electron chi connectivity index (χ4n) is 2.72. The highest BCUT2D eigenvalue weighted by Crippen LogP contribution is 2.31. The summed E-state index contributed by atoms with van der Waals surface area (Å²) in [5.74, 6) is -1.38. The first-order chi connectivity index (χ1) is 13.8. The Hall–Kier alpha value is -2.94. The Labute approximate surface area is 172 Å². The number of esters is 1. The lowest BCUT2D eigenvalue weighted by Gasteiger charge is -2.15. The molecular weight excluding hydrogens is 452 g/mol. The molecule has 0 bridgehead atoms. The summed E-state index contributed by atoms with van der Waals surface area (Å²) in [5.41, 5.74) is 0.803. The second kappa shape index (κ2) is 8.60. The largest absolute Gasteiger partial charge is 0.487 e. The summed E-state index contributed by atoms with van der Waals surface area (Å²) < 4.78 is 42.9. The highest BCUT2D eigenvalue weighted by Gasteiger charge is 2.19. The highest BCUT2D eigenvalue weighted by atomic mass is 79.9. The van der Waals surface area contributed by atoms with E-state index in [2.05, 4.69) is 25.7 Å². The van der Waals surface area contributed by atoms with Crippen LogP contribution in [0.3, 0.4) is 0 Å². The van der Waals surface area contributed by atoms with Crippen LogP contribution in [-0.2, 0) is 17.8 Å². The quantitative estimate of drug-likeness (QED) is 0.547. The molecule has 0 amide bonds. The molecule has 0 spiro atoms. The number of ether oxygens (including phenoxy) is 2. The van der Waals surface area contributed by atoms with Crippen LogP contribution < -0.4 is 10.3 Å². The first-order valence-electron chi connectivity index (χ1n) is 8.45. The average Bonchev–Trinajstić information content (AvgIpc) is 3.15. The molecule has 1 N–H and O–H groups in total. The molecule has 6 nitrogen and oxygen atoms in total. The van der Waals surface area contributed by atoms with Gasteiger partial charge in [0.2, 0.25) is 5.76 Å². The molecule has 0 radical (unpaired) electrons. The Morgan fingerprint density at radius 1 is 1.24 bits per heavy atom. The number of halogens is 3. The zero-order chi connectivity index (χ0) is 21.1. The van der Waals surface area contributed by atoms with Gasteiger partial charge in [-0.25, -0.2) is 13.6 Å². The SMILES string of the molecule is COC(=O)c1ccc(Cc2c(C)[nH]c(=O)c(Br)c2OCc2ccc(F)cc2F)o1. The van der Waals surface area contributed by atoms with Crippen molar-refractivity contribution in [1.29, 1.82) is 0 Å². The zero-order valence-corrected chi connectivity index (χ0v) is 17.1. The first kappa shape index (κ1) is 20.8. The van der Waals surface area contributed by atoms with Gasteiger partial charge in [-0.2, -0.15) is 0 Å². The number of hydrogen-bond acceptors (Lipinski definition) is 5. The molecule has 2 aromatic heterocycles. The van der Waals surface area contributed by atoms with Gasteiger partial charge in [0.15, 0.2) is 0 Å². The number of aromatic nitrogens is 1. The lowest BCUT2D eigenvalue weighted by atomic mass is 10.1. The third kappa shape index (κ3) is 4.56. The number of carbonyl (C=O) groups is 1. The van der Waals surface area contributed by atoms with E-state index in [0.717, 1.165) is 12.1 Å². The molecule has 0 aliphatic carbocycles. The van der Waals surface area contributed by atoms with Crippen LogP contribution in [0.4, 0.5) is 8.78 Å². The number of aryl methyl sites for hydroxylation is 1. The fraction of sp³-hybridized carbons (Fsp3) is 0.200. The number of benzene rings is 1. The van der Waals surface area contributed by atoms with E-state index < -0.39 is 23.2 Å². The van der Waals surface area contributed by atoms with Gasteiger partial charge in [-0.3, -0.25) is 4.79 Å². The van der Waals surface area contributed by atoms with E-state index in [0.29, 0.717) is 17.0 Å². The highest BCUT2D eigenvalue weighted by molar-refractivity contribution is 9.10.